The maximum Gasteiger partial charge on any atom is 0.305 e. The molecule has 34 heavy (non-hydrogen) atoms. The molecule has 5 nitrogen and oxygen atoms in total. The summed E-state index contributed by atoms with van der Waals surface area (Å²) in [5.41, 5.74) is -0.377. The molecule has 0 aromatic heterocycles. The van der Waals surface area contributed by atoms with Gasteiger partial charge in [0.1, 0.15) is 17.3 Å². The van der Waals surface area contributed by atoms with Gasteiger partial charge in [0, 0.05) is 30.1 Å². The molecule has 0 N–H and O–H groups in total. The molecule has 0 aromatic rings. The third-order valence-corrected chi connectivity index (χ3v) is 11.5. The van der Waals surface area contributed by atoms with Crippen molar-refractivity contribution in [3.63, 3.8) is 0 Å². The minimum absolute atomic E-state index is 0.00432. The fraction of sp³-hybridized carbons (Fsp3) is 0.862. The third-order valence-electron chi connectivity index (χ3n) is 11.5. The first-order valence-electron chi connectivity index (χ1n) is 13.6. The van der Waals surface area contributed by atoms with E-state index in [2.05, 4.69) is 20.8 Å². The van der Waals surface area contributed by atoms with E-state index in [1.54, 1.807) is 13.8 Å². The van der Waals surface area contributed by atoms with Crippen LogP contribution in [0.4, 0.5) is 0 Å². The van der Waals surface area contributed by atoms with Gasteiger partial charge in [-0.1, -0.05) is 20.8 Å². The number of methoxy groups -OCH3 is 1. The Bertz CT molecular complexity index is 863. The van der Waals surface area contributed by atoms with E-state index in [9.17, 15) is 19.2 Å². The van der Waals surface area contributed by atoms with E-state index in [0.717, 1.165) is 44.9 Å². The molecule has 0 aliphatic heterocycles. The summed E-state index contributed by atoms with van der Waals surface area (Å²) in [5.74, 6) is 2.43. The number of Topliss-reactive ketones (excluding diaryl/α,β-unsaturated/α-hetero) is 3. The number of hydrogen-bond acceptors (Lipinski definition) is 5. The van der Waals surface area contributed by atoms with E-state index in [-0.39, 0.29) is 64.4 Å². The van der Waals surface area contributed by atoms with E-state index in [4.69, 9.17) is 4.74 Å². The lowest BCUT2D eigenvalue weighted by Crippen LogP contribution is -2.60. The molecule has 0 radical (unpaired) electrons. The van der Waals surface area contributed by atoms with Gasteiger partial charge < -0.3 is 4.74 Å². The van der Waals surface area contributed by atoms with Gasteiger partial charge in [0.05, 0.1) is 7.11 Å². The van der Waals surface area contributed by atoms with Crippen LogP contribution in [0.15, 0.2) is 0 Å². The van der Waals surface area contributed by atoms with E-state index < -0.39 is 5.41 Å². The molecule has 4 rings (SSSR count). The van der Waals surface area contributed by atoms with Gasteiger partial charge in [0.2, 0.25) is 0 Å². The van der Waals surface area contributed by atoms with Crippen LogP contribution in [-0.2, 0) is 23.9 Å². The van der Waals surface area contributed by atoms with Crippen molar-refractivity contribution in [2.45, 2.75) is 92.4 Å². The monoisotopic (exact) mass is 472 g/mol. The summed E-state index contributed by atoms with van der Waals surface area (Å²) in [6, 6.07) is 0. The highest BCUT2D eigenvalue weighted by Crippen LogP contribution is 2.69. The molecular weight excluding hydrogens is 428 g/mol. The van der Waals surface area contributed by atoms with Gasteiger partial charge in [-0.05, 0) is 99.7 Å². The molecule has 3 unspecified atom stereocenters. The highest BCUT2D eigenvalue weighted by Gasteiger charge is 2.66. The summed E-state index contributed by atoms with van der Waals surface area (Å²) in [6.45, 7) is 10.2. The number of ketones is 3. The van der Waals surface area contributed by atoms with E-state index >= 15 is 0 Å². The van der Waals surface area contributed by atoms with Crippen molar-refractivity contribution in [1.29, 1.82) is 0 Å². The fourth-order valence-electron chi connectivity index (χ4n) is 9.38. The van der Waals surface area contributed by atoms with Gasteiger partial charge in [-0.25, -0.2) is 0 Å². The average Bonchev–Trinajstić information content (AvgIpc) is 3.15. The Morgan fingerprint density at radius 1 is 1.03 bits per heavy atom. The minimum atomic E-state index is -0.413. The Kier molecular flexibility index (Phi) is 6.89. The van der Waals surface area contributed by atoms with Gasteiger partial charge in [-0.15, -0.1) is 0 Å². The maximum absolute atomic E-state index is 14.0. The zero-order chi connectivity index (χ0) is 25.0. The van der Waals surface area contributed by atoms with Crippen molar-refractivity contribution in [1.82, 2.24) is 0 Å². The summed E-state index contributed by atoms with van der Waals surface area (Å²) < 4.78 is 4.85. The minimum Gasteiger partial charge on any atom is -0.469 e. The number of carbonyl (C=O) groups excluding carboxylic acids is 4. The van der Waals surface area contributed by atoms with Gasteiger partial charge in [-0.3, -0.25) is 19.2 Å². The van der Waals surface area contributed by atoms with Crippen molar-refractivity contribution < 1.29 is 23.9 Å². The lowest BCUT2D eigenvalue weighted by atomic mass is 9.41. The molecule has 0 aromatic carbocycles. The first-order chi connectivity index (χ1) is 15.9. The lowest BCUT2D eigenvalue weighted by molar-refractivity contribution is -0.172. The Hall–Kier alpha value is -1.52. The summed E-state index contributed by atoms with van der Waals surface area (Å²) in [5, 5.41) is 0. The van der Waals surface area contributed by atoms with Crippen molar-refractivity contribution in [3.05, 3.63) is 0 Å². The summed E-state index contributed by atoms with van der Waals surface area (Å²) in [6.07, 6.45) is 7.35. The normalized spacial score (nSPS) is 44.4. The Labute approximate surface area is 205 Å². The number of ether oxygens (including phenoxy) is 1. The van der Waals surface area contributed by atoms with Crippen LogP contribution in [0.5, 0.6) is 0 Å². The van der Waals surface area contributed by atoms with Crippen LogP contribution in [0, 0.1) is 58.2 Å². The molecule has 4 saturated carbocycles. The molecule has 4 aliphatic rings. The lowest BCUT2D eigenvalue weighted by Gasteiger charge is -2.62. The number of fused-ring (bicyclic) bond motifs is 5. The third kappa shape index (κ3) is 3.89. The Balaban J connectivity index is 1.64. The second kappa shape index (κ2) is 9.17. The predicted molar refractivity (Wildman–Crippen MR) is 130 cm³/mol. The van der Waals surface area contributed by atoms with Crippen LogP contribution >= 0.6 is 0 Å². The van der Waals surface area contributed by atoms with Gasteiger partial charge in [-0.2, -0.15) is 0 Å². The predicted octanol–water partition coefficient (Wildman–Crippen LogP) is 5.43. The molecule has 4 aliphatic carbocycles. The maximum atomic E-state index is 14.0. The average molecular weight is 473 g/mol. The summed E-state index contributed by atoms with van der Waals surface area (Å²) >= 11 is 0. The number of carbonyl (C=O) groups is 4. The van der Waals surface area contributed by atoms with Crippen LogP contribution in [-0.4, -0.2) is 30.4 Å². The quantitative estimate of drug-likeness (QED) is 0.482. The van der Waals surface area contributed by atoms with E-state index in [1.165, 1.54) is 7.11 Å². The molecule has 10 atom stereocenters. The van der Waals surface area contributed by atoms with Gasteiger partial charge in [0.15, 0.2) is 0 Å². The van der Waals surface area contributed by atoms with Crippen LogP contribution in [0.25, 0.3) is 0 Å². The molecule has 0 amide bonds. The summed E-state index contributed by atoms with van der Waals surface area (Å²) in [4.78, 5) is 51.0. The van der Waals surface area contributed by atoms with Crippen molar-refractivity contribution in [2.75, 3.05) is 7.11 Å². The molecular formula is C29H44O5. The molecule has 0 heterocycles. The van der Waals surface area contributed by atoms with Crippen LogP contribution in [0.2, 0.25) is 0 Å². The fourth-order valence-corrected chi connectivity index (χ4v) is 9.38. The van der Waals surface area contributed by atoms with E-state index in [1.807, 2.05) is 0 Å². The van der Waals surface area contributed by atoms with Crippen molar-refractivity contribution in [3.8, 4) is 0 Å². The number of esters is 1. The zero-order valence-corrected chi connectivity index (χ0v) is 22.0. The zero-order valence-electron chi connectivity index (χ0n) is 22.0. The Morgan fingerprint density at radius 3 is 2.35 bits per heavy atom. The Morgan fingerprint density at radius 2 is 1.74 bits per heavy atom. The molecule has 0 spiro atoms. The molecule has 5 heteroatoms. The SMILES string of the molecule is COC(=O)CC[C@@H](C)[C@H]1CC[C@H]2[C@@H]3C(C(C)=O)CC4CC(C(C)=O)CC[C@]4(C)[C@H]3CC(=O)[C@]12C. The standard InChI is InChI=1S/C29H44O5/c1-16(7-10-26(33)34-6)22-8-9-23-27-21(18(3)31)14-20-13-19(17(2)30)11-12-28(20,4)24(27)15-25(32)29(22,23)5/h16,19-24,27H,7-15H2,1-6H3/t16-,19?,20?,21?,22-,23+,24+,27+,28+,29-/m1/s1. The van der Waals surface area contributed by atoms with Gasteiger partial charge in [0.25, 0.3) is 0 Å². The van der Waals surface area contributed by atoms with Gasteiger partial charge >= 0.3 is 5.97 Å². The topological polar surface area (TPSA) is 77.5 Å². The van der Waals surface area contributed by atoms with Crippen LogP contribution in [0.1, 0.15) is 92.4 Å². The molecule has 190 valence electrons. The largest absolute Gasteiger partial charge is 0.469 e. The van der Waals surface area contributed by atoms with Crippen LogP contribution in [0.3, 0.4) is 0 Å². The van der Waals surface area contributed by atoms with Crippen molar-refractivity contribution in [2.24, 2.45) is 58.2 Å². The molecule has 0 bridgehead atoms. The highest BCUT2D eigenvalue weighted by molar-refractivity contribution is 5.88. The second-order valence-electron chi connectivity index (χ2n) is 12.7. The molecule has 0 saturated heterocycles. The van der Waals surface area contributed by atoms with Crippen LogP contribution < -0.4 is 0 Å². The first kappa shape index (κ1) is 25.6. The summed E-state index contributed by atoms with van der Waals surface area (Å²) in [7, 11) is 1.42. The highest BCUT2D eigenvalue weighted by atomic mass is 16.5. The number of rotatable bonds is 6. The smallest absolute Gasteiger partial charge is 0.305 e. The van der Waals surface area contributed by atoms with E-state index in [0.29, 0.717) is 24.5 Å². The van der Waals surface area contributed by atoms with Crippen molar-refractivity contribution >= 4 is 23.3 Å². The second-order valence-corrected chi connectivity index (χ2v) is 12.7. The first-order valence-corrected chi connectivity index (χ1v) is 13.6. The molecule has 4 fully saturated rings. The number of hydrogen-bond donors (Lipinski definition) is 0.